The van der Waals surface area contributed by atoms with Crippen LogP contribution in [0.15, 0.2) is 30.3 Å². The van der Waals surface area contributed by atoms with Gasteiger partial charge in [-0.15, -0.1) is 0 Å². The Morgan fingerprint density at radius 3 is 2.43 bits per heavy atom. The van der Waals surface area contributed by atoms with Gasteiger partial charge in [-0.2, -0.15) is 0 Å². The first kappa shape index (κ1) is 10.7. The molecule has 0 aromatic heterocycles. The molecule has 14 heavy (non-hydrogen) atoms. The van der Waals surface area contributed by atoms with Crippen molar-refractivity contribution in [3.63, 3.8) is 0 Å². The SMILES string of the molecule is CC(CN)C(C(=O)O)c1ccccc1. The van der Waals surface area contributed by atoms with E-state index in [9.17, 15) is 4.79 Å². The molecule has 1 aromatic rings. The van der Waals surface area contributed by atoms with E-state index >= 15 is 0 Å². The van der Waals surface area contributed by atoms with E-state index in [-0.39, 0.29) is 5.92 Å². The van der Waals surface area contributed by atoms with Crippen LogP contribution < -0.4 is 5.73 Å². The summed E-state index contributed by atoms with van der Waals surface area (Å²) in [6.45, 7) is 2.23. The molecule has 0 radical (unpaired) electrons. The lowest BCUT2D eigenvalue weighted by Crippen LogP contribution is -2.25. The van der Waals surface area contributed by atoms with E-state index in [1.54, 1.807) is 0 Å². The monoisotopic (exact) mass is 193 g/mol. The quantitative estimate of drug-likeness (QED) is 0.760. The molecule has 76 valence electrons. The molecule has 0 spiro atoms. The van der Waals surface area contributed by atoms with Crippen molar-refractivity contribution in [3.8, 4) is 0 Å². The lowest BCUT2D eigenvalue weighted by molar-refractivity contribution is -0.139. The summed E-state index contributed by atoms with van der Waals surface area (Å²) >= 11 is 0. The van der Waals surface area contributed by atoms with Gasteiger partial charge in [-0.1, -0.05) is 37.3 Å². The molecule has 0 fully saturated rings. The van der Waals surface area contributed by atoms with Gasteiger partial charge in [0, 0.05) is 0 Å². The fraction of sp³-hybridized carbons (Fsp3) is 0.364. The molecule has 1 rings (SSSR count). The minimum absolute atomic E-state index is 0.0464. The van der Waals surface area contributed by atoms with Crippen LogP contribution >= 0.6 is 0 Å². The van der Waals surface area contributed by atoms with Crippen molar-refractivity contribution >= 4 is 5.97 Å². The molecule has 2 unspecified atom stereocenters. The molecule has 0 amide bonds. The highest BCUT2D eigenvalue weighted by Gasteiger charge is 2.24. The van der Waals surface area contributed by atoms with Gasteiger partial charge in [-0.3, -0.25) is 4.79 Å². The lowest BCUT2D eigenvalue weighted by Gasteiger charge is -2.18. The van der Waals surface area contributed by atoms with Crippen molar-refractivity contribution in [1.82, 2.24) is 0 Å². The maximum absolute atomic E-state index is 11.0. The van der Waals surface area contributed by atoms with E-state index in [0.717, 1.165) is 5.56 Å². The fourth-order valence-corrected chi connectivity index (χ4v) is 1.51. The molecule has 3 N–H and O–H groups in total. The third-order valence-corrected chi connectivity index (χ3v) is 2.37. The second-order valence-electron chi connectivity index (χ2n) is 3.44. The molecule has 0 saturated heterocycles. The summed E-state index contributed by atoms with van der Waals surface area (Å²) < 4.78 is 0. The van der Waals surface area contributed by atoms with Crippen LogP contribution in [-0.2, 0) is 4.79 Å². The number of carbonyl (C=O) groups is 1. The number of carboxylic acids is 1. The zero-order valence-electron chi connectivity index (χ0n) is 8.18. The van der Waals surface area contributed by atoms with Gasteiger partial charge in [0.25, 0.3) is 0 Å². The molecular formula is C11H15NO2. The van der Waals surface area contributed by atoms with Crippen molar-refractivity contribution in [3.05, 3.63) is 35.9 Å². The first-order chi connectivity index (χ1) is 6.66. The normalized spacial score (nSPS) is 14.7. The number of rotatable bonds is 4. The van der Waals surface area contributed by atoms with Crippen LogP contribution in [0.5, 0.6) is 0 Å². The molecule has 2 atom stereocenters. The molecule has 0 aliphatic heterocycles. The van der Waals surface area contributed by atoms with E-state index in [1.807, 2.05) is 37.3 Å². The molecule has 3 nitrogen and oxygen atoms in total. The summed E-state index contributed by atoms with van der Waals surface area (Å²) in [5.41, 5.74) is 6.30. The average Bonchev–Trinajstić information content (AvgIpc) is 2.19. The highest BCUT2D eigenvalue weighted by molar-refractivity contribution is 5.76. The zero-order chi connectivity index (χ0) is 10.6. The van der Waals surface area contributed by atoms with Gasteiger partial charge in [-0.05, 0) is 18.0 Å². The Balaban J connectivity index is 2.95. The van der Waals surface area contributed by atoms with Gasteiger partial charge in [0.15, 0.2) is 0 Å². The summed E-state index contributed by atoms with van der Waals surface area (Å²) in [5, 5.41) is 9.07. The molecular weight excluding hydrogens is 178 g/mol. The third-order valence-electron chi connectivity index (χ3n) is 2.37. The Bertz CT molecular complexity index is 297. The molecule has 1 aromatic carbocycles. The average molecular weight is 193 g/mol. The molecule has 0 heterocycles. The number of aliphatic carboxylic acids is 1. The van der Waals surface area contributed by atoms with Gasteiger partial charge < -0.3 is 10.8 Å². The Hall–Kier alpha value is -1.35. The second-order valence-corrected chi connectivity index (χ2v) is 3.44. The predicted octanol–water partition coefficient (Wildman–Crippen LogP) is 1.45. The van der Waals surface area contributed by atoms with Gasteiger partial charge >= 0.3 is 5.97 Å². The van der Waals surface area contributed by atoms with Crippen LogP contribution in [0, 0.1) is 5.92 Å². The van der Waals surface area contributed by atoms with Crippen molar-refractivity contribution in [2.75, 3.05) is 6.54 Å². The maximum atomic E-state index is 11.0. The van der Waals surface area contributed by atoms with E-state index < -0.39 is 11.9 Å². The highest BCUT2D eigenvalue weighted by Crippen LogP contribution is 2.23. The number of hydrogen-bond donors (Lipinski definition) is 2. The number of benzene rings is 1. The van der Waals surface area contributed by atoms with Crippen molar-refractivity contribution in [1.29, 1.82) is 0 Å². The van der Waals surface area contributed by atoms with Crippen LogP contribution in [0.3, 0.4) is 0 Å². The van der Waals surface area contributed by atoms with Gasteiger partial charge in [0.05, 0.1) is 5.92 Å². The van der Waals surface area contributed by atoms with Gasteiger partial charge in [-0.25, -0.2) is 0 Å². The first-order valence-corrected chi connectivity index (χ1v) is 4.64. The zero-order valence-corrected chi connectivity index (χ0v) is 8.18. The topological polar surface area (TPSA) is 63.3 Å². The highest BCUT2D eigenvalue weighted by atomic mass is 16.4. The van der Waals surface area contributed by atoms with Crippen molar-refractivity contribution in [2.45, 2.75) is 12.8 Å². The number of nitrogens with two attached hydrogens (primary N) is 1. The van der Waals surface area contributed by atoms with Crippen LogP contribution in [0.2, 0.25) is 0 Å². The summed E-state index contributed by atoms with van der Waals surface area (Å²) in [7, 11) is 0. The maximum Gasteiger partial charge on any atom is 0.311 e. The van der Waals surface area contributed by atoms with Crippen LogP contribution in [0.1, 0.15) is 18.4 Å². The number of hydrogen-bond acceptors (Lipinski definition) is 2. The molecule has 0 bridgehead atoms. The summed E-state index contributed by atoms with van der Waals surface area (Å²) in [5.74, 6) is -1.36. The van der Waals surface area contributed by atoms with Crippen LogP contribution in [0.4, 0.5) is 0 Å². The lowest BCUT2D eigenvalue weighted by atomic mass is 9.87. The fourth-order valence-electron chi connectivity index (χ4n) is 1.51. The molecule has 0 aliphatic carbocycles. The van der Waals surface area contributed by atoms with E-state index in [2.05, 4.69) is 0 Å². The van der Waals surface area contributed by atoms with Gasteiger partial charge in [0.1, 0.15) is 0 Å². The first-order valence-electron chi connectivity index (χ1n) is 4.64. The minimum Gasteiger partial charge on any atom is -0.481 e. The van der Waals surface area contributed by atoms with Crippen LogP contribution in [-0.4, -0.2) is 17.6 Å². The summed E-state index contributed by atoms with van der Waals surface area (Å²) in [6, 6.07) is 9.20. The Morgan fingerprint density at radius 1 is 1.43 bits per heavy atom. The van der Waals surface area contributed by atoms with E-state index in [0.29, 0.717) is 6.54 Å². The Kier molecular flexibility index (Phi) is 3.65. The van der Waals surface area contributed by atoms with Crippen LogP contribution in [0.25, 0.3) is 0 Å². The molecule has 3 heteroatoms. The minimum atomic E-state index is -0.811. The van der Waals surface area contributed by atoms with Gasteiger partial charge in [0.2, 0.25) is 0 Å². The summed E-state index contributed by atoms with van der Waals surface area (Å²) in [4.78, 5) is 11.0. The predicted molar refractivity (Wildman–Crippen MR) is 55.0 cm³/mol. The Labute approximate surface area is 83.6 Å². The van der Waals surface area contributed by atoms with Crippen molar-refractivity contribution < 1.29 is 9.90 Å². The standard InChI is InChI=1S/C11H15NO2/c1-8(7-12)10(11(13)14)9-5-3-2-4-6-9/h2-6,8,10H,7,12H2,1H3,(H,13,14). The van der Waals surface area contributed by atoms with E-state index in [1.165, 1.54) is 0 Å². The second kappa shape index (κ2) is 4.77. The third kappa shape index (κ3) is 2.33. The molecule has 0 aliphatic rings. The summed E-state index contributed by atoms with van der Waals surface area (Å²) in [6.07, 6.45) is 0. The largest absolute Gasteiger partial charge is 0.481 e. The van der Waals surface area contributed by atoms with E-state index in [4.69, 9.17) is 10.8 Å². The number of carboxylic acid groups (broad SMARTS) is 1. The Morgan fingerprint density at radius 2 is 2.00 bits per heavy atom. The van der Waals surface area contributed by atoms with Crippen molar-refractivity contribution in [2.24, 2.45) is 11.7 Å². The smallest absolute Gasteiger partial charge is 0.311 e. The molecule has 0 saturated carbocycles.